The number of likely N-dealkylation sites (tertiary alicyclic amines) is 2. The first-order chi connectivity index (χ1) is 20.3. The van der Waals surface area contributed by atoms with E-state index in [0.29, 0.717) is 11.1 Å². The van der Waals surface area contributed by atoms with E-state index in [1.54, 1.807) is 30.4 Å². The number of nitrogens with zero attached hydrogens (tertiary/aromatic N) is 2. The molecule has 2 saturated heterocycles. The standard InChI is InChI=1S/C29H29BrCl2N2O9/c1-42-19-10-14(11-20(43-2)23(19)37)5-8-18-15-6-7-16-22(25(39)33(24(16)38)9-3-4-21(35)36)17(15)12-28(31)26(40)34(13-30)27(41)29(18,28)32/h5-6,8,10-11,16-18,22,37H,3-4,7,9,12-13H2,1-2H3,(H,35,36). The predicted molar refractivity (Wildman–Crippen MR) is 158 cm³/mol. The molecule has 0 aromatic heterocycles. The number of fused-ring (bicyclic) bond motifs is 4. The van der Waals surface area contributed by atoms with E-state index >= 15 is 0 Å². The zero-order chi connectivity index (χ0) is 31.4. The molecular weight excluding hydrogens is 671 g/mol. The third kappa shape index (κ3) is 4.64. The number of hydrogen-bond acceptors (Lipinski definition) is 8. The molecule has 1 aromatic carbocycles. The summed E-state index contributed by atoms with van der Waals surface area (Å²) in [7, 11) is 2.77. The molecule has 4 aliphatic rings. The average molecular weight is 700 g/mol. The number of hydrogen-bond donors (Lipinski definition) is 2. The molecule has 0 radical (unpaired) electrons. The van der Waals surface area contributed by atoms with E-state index in [4.69, 9.17) is 37.8 Å². The van der Waals surface area contributed by atoms with Gasteiger partial charge < -0.3 is 19.7 Å². The van der Waals surface area contributed by atoms with Crippen molar-refractivity contribution < 1.29 is 43.7 Å². The molecule has 43 heavy (non-hydrogen) atoms. The summed E-state index contributed by atoms with van der Waals surface area (Å²) in [6.45, 7) is -0.0346. The number of aromatic hydroxyl groups is 1. The highest BCUT2D eigenvalue weighted by Gasteiger charge is 2.75. The summed E-state index contributed by atoms with van der Waals surface area (Å²) in [4.78, 5) is 63.6. The minimum Gasteiger partial charge on any atom is -0.502 e. The number of benzene rings is 1. The molecule has 230 valence electrons. The number of phenolic OH excluding ortho intramolecular Hbond substituents is 1. The average Bonchev–Trinajstić information content (AvgIpc) is 3.30. The number of alkyl halides is 3. The fourth-order valence-corrected chi connectivity index (χ4v) is 8.27. The van der Waals surface area contributed by atoms with Crippen LogP contribution in [0.5, 0.6) is 17.2 Å². The number of carbonyl (C=O) groups excluding carboxylic acids is 4. The Morgan fingerprint density at radius 3 is 2.30 bits per heavy atom. The smallest absolute Gasteiger partial charge is 0.303 e. The second kappa shape index (κ2) is 11.4. The first-order valence-electron chi connectivity index (χ1n) is 13.6. The summed E-state index contributed by atoms with van der Waals surface area (Å²) in [5, 5.41) is 19.4. The number of ether oxygens (including phenoxy) is 2. The van der Waals surface area contributed by atoms with Gasteiger partial charge in [0.2, 0.25) is 17.6 Å². The van der Waals surface area contributed by atoms with E-state index < -0.39 is 63.0 Å². The normalized spacial score (nSPS) is 31.7. The first kappa shape index (κ1) is 31.3. The highest BCUT2D eigenvalue weighted by Crippen LogP contribution is 2.63. The third-order valence-corrected chi connectivity index (χ3v) is 10.8. The number of aliphatic carboxylic acids is 1. The fourth-order valence-electron chi connectivity index (χ4n) is 6.89. The van der Waals surface area contributed by atoms with Crippen molar-refractivity contribution in [3.63, 3.8) is 0 Å². The lowest BCUT2D eigenvalue weighted by Gasteiger charge is -2.49. The van der Waals surface area contributed by atoms with Gasteiger partial charge in [0.15, 0.2) is 21.2 Å². The molecule has 2 aliphatic heterocycles. The molecule has 14 heteroatoms. The molecule has 6 atom stereocenters. The van der Waals surface area contributed by atoms with E-state index in [0.717, 1.165) is 9.80 Å². The number of halogens is 3. The van der Waals surface area contributed by atoms with Gasteiger partial charge in [-0.2, -0.15) is 0 Å². The zero-order valence-electron chi connectivity index (χ0n) is 23.2. The second-order valence-electron chi connectivity index (χ2n) is 11.0. The number of imide groups is 2. The molecule has 5 rings (SSSR count). The number of carboxylic acid groups (broad SMARTS) is 1. The van der Waals surface area contributed by atoms with E-state index in [1.165, 1.54) is 14.2 Å². The maximum absolute atomic E-state index is 13.8. The van der Waals surface area contributed by atoms with Gasteiger partial charge in [-0.25, -0.2) is 0 Å². The van der Waals surface area contributed by atoms with Gasteiger partial charge in [0.05, 0.1) is 31.5 Å². The third-order valence-electron chi connectivity index (χ3n) is 8.92. The number of methoxy groups -OCH3 is 2. The Morgan fingerprint density at radius 1 is 1.07 bits per heavy atom. The van der Waals surface area contributed by atoms with Crippen LogP contribution in [0.4, 0.5) is 0 Å². The van der Waals surface area contributed by atoms with Crippen LogP contribution in [0, 0.1) is 23.7 Å². The molecule has 1 aromatic rings. The van der Waals surface area contributed by atoms with Crippen molar-refractivity contribution in [1.82, 2.24) is 9.80 Å². The highest BCUT2D eigenvalue weighted by atomic mass is 79.9. The zero-order valence-corrected chi connectivity index (χ0v) is 26.3. The van der Waals surface area contributed by atoms with Gasteiger partial charge in [0.1, 0.15) is 0 Å². The van der Waals surface area contributed by atoms with E-state index in [-0.39, 0.29) is 54.9 Å². The summed E-state index contributed by atoms with van der Waals surface area (Å²) >= 11 is 17.5. The van der Waals surface area contributed by atoms with E-state index in [2.05, 4.69) is 15.9 Å². The SMILES string of the molecule is COc1cc(C=CC2C3=CCC4C(=O)N(CCCC(=O)O)C(=O)C4C3CC3(Cl)C(=O)N(CBr)C(=O)C23Cl)cc(OC)c1O. The minimum absolute atomic E-state index is 0.0346. The number of allylic oxidation sites excluding steroid dienone is 3. The molecule has 1 saturated carbocycles. The summed E-state index contributed by atoms with van der Waals surface area (Å²) in [5.41, 5.74) is 1.00. The number of rotatable bonds is 9. The monoisotopic (exact) mass is 698 g/mol. The van der Waals surface area contributed by atoms with Crippen LogP contribution in [0.2, 0.25) is 0 Å². The molecule has 0 bridgehead atoms. The Bertz CT molecular complexity index is 1460. The van der Waals surface area contributed by atoms with Crippen LogP contribution in [0.1, 0.15) is 31.2 Å². The van der Waals surface area contributed by atoms with Gasteiger partial charge in [-0.1, -0.05) is 39.7 Å². The summed E-state index contributed by atoms with van der Waals surface area (Å²) in [6.07, 6.45) is 5.06. The van der Waals surface area contributed by atoms with Crippen molar-refractivity contribution in [1.29, 1.82) is 0 Å². The van der Waals surface area contributed by atoms with Crippen LogP contribution in [0.15, 0.2) is 29.9 Å². The molecular formula is C29H29BrCl2N2O9. The van der Waals surface area contributed by atoms with Crippen LogP contribution in [-0.2, 0) is 24.0 Å². The molecule has 2 aliphatic carbocycles. The number of phenols is 1. The lowest BCUT2D eigenvalue weighted by atomic mass is 9.57. The Kier molecular flexibility index (Phi) is 8.34. The fraction of sp³-hybridized carbons (Fsp3) is 0.483. The van der Waals surface area contributed by atoms with Gasteiger partial charge in [0.25, 0.3) is 11.8 Å². The van der Waals surface area contributed by atoms with Crippen LogP contribution < -0.4 is 9.47 Å². The summed E-state index contributed by atoms with van der Waals surface area (Å²) in [6, 6.07) is 3.10. The van der Waals surface area contributed by atoms with E-state index in [1.807, 2.05) is 0 Å². The van der Waals surface area contributed by atoms with Crippen LogP contribution in [0.25, 0.3) is 6.08 Å². The number of carboxylic acids is 1. The van der Waals surface area contributed by atoms with Gasteiger partial charge in [-0.15, -0.1) is 23.2 Å². The van der Waals surface area contributed by atoms with Crippen molar-refractivity contribution in [2.75, 3.05) is 26.2 Å². The van der Waals surface area contributed by atoms with Crippen molar-refractivity contribution in [2.24, 2.45) is 23.7 Å². The Morgan fingerprint density at radius 2 is 1.72 bits per heavy atom. The Hall–Kier alpha value is -3.09. The number of amides is 4. The van der Waals surface area contributed by atoms with Gasteiger partial charge in [0, 0.05) is 18.9 Å². The van der Waals surface area contributed by atoms with E-state index in [9.17, 15) is 29.1 Å². The lowest BCUT2D eigenvalue weighted by Crippen LogP contribution is -2.60. The van der Waals surface area contributed by atoms with Crippen LogP contribution in [-0.4, -0.2) is 85.6 Å². The van der Waals surface area contributed by atoms with Gasteiger partial charge in [-0.05, 0) is 42.9 Å². The summed E-state index contributed by atoms with van der Waals surface area (Å²) in [5.74, 6) is -6.38. The summed E-state index contributed by atoms with van der Waals surface area (Å²) < 4.78 is 10.5. The first-order valence-corrected chi connectivity index (χ1v) is 15.4. The second-order valence-corrected chi connectivity index (χ2v) is 12.7. The molecule has 2 heterocycles. The van der Waals surface area contributed by atoms with Crippen LogP contribution in [0.3, 0.4) is 0 Å². The molecule has 3 fully saturated rings. The van der Waals surface area contributed by atoms with Crippen molar-refractivity contribution >= 4 is 74.8 Å². The Labute approximate surface area is 265 Å². The maximum Gasteiger partial charge on any atom is 0.303 e. The quantitative estimate of drug-likeness (QED) is 0.171. The largest absolute Gasteiger partial charge is 0.502 e. The number of carbonyl (C=O) groups is 5. The molecule has 4 amide bonds. The van der Waals surface area contributed by atoms with Crippen molar-refractivity contribution in [2.45, 2.75) is 35.4 Å². The van der Waals surface area contributed by atoms with Gasteiger partial charge >= 0.3 is 5.97 Å². The maximum atomic E-state index is 13.8. The molecule has 6 unspecified atom stereocenters. The van der Waals surface area contributed by atoms with Crippen LogP contribution >= 0.6 is 39.1 Å². The Balaban J connectivity index is 1.59. The van der Waals surface area contributed by atoms with Crippen molar-refractivity contribution in [3.8, 4) is 17.2 Å². The minimum atomic E-state index is -1.94. The molecule has 2 N–H and O–H groups in total. The highest BCUT2D eigenvalue weighted by molar-refractivity contribution is 9.09. The van der Waals surface area contributed by atoms with Gasteiger partial charge in [-0.3, -0.25) is 33.8 Å². The lowest BCUT2D eigenvalue weighted by molar-refractivity contribution is -0.142. The van der Waals surface area contributed by atoms with Crippen molar-refractivity contribution in [3.05, 3.63) is 35.4 Å². The molecule has 0 spiro atoms. The topological polar surface area (TPSA) is 151 Å². The predicted octanol–water partition coefficient (Wildman–Crippen LogP) is 3.53. The molecule has 11 nitrogen and oxygen atoms in total.